The van der Waals surface area contributed by atoms with Gasteiger partial charge in [-0.1, -0.05) is 54.2 Å². The first-order valence-electron chi connectivity index (χ1n) is 8.21. The normalized spacial score (nSPS) is 11.1. The standard InChI is InChI=1S/C18H20BrN3OS/c1-2-3-4-5-10-20-18-21-14-11-15(24-16(14)17(23)22-18)12-6-8-13(19)9-7-12/h6-9,11H,2-5,10H2,1H3,(H2,20,21,22,23). The average Bonchev–Trinajstić information content (AvgIpc) is 3.00. The van der Waals surface area contributed by atoms with Gasteiger partial charge in [0.15, 0.2) is 0 Å². The highest BCUT2D eigenvalue weighted by atomic mass is 79.9. The first kappa shape index (κ1) is 17.2. The van der Waals surface area contributed by atoms with Crippen LogP contribution in [0.1, 0.15) is 32.6 Å². The Morgan fingerprint density at radius 2 is 2.00 bits per heavy atom. The largest absolute Gasteiger partial charge is 0.356 e. The van der Waals surface area contributed by atoms with Crippen molar-refractivity contribution in [3.05, 3.63) is 45.2 Å². The number of nitrogens with zero attached hydrogens (tertiary/aromatic N) is 1. The average molecular weight is 406 g/mol. The number of anilines is 1. The van der Waals surface area contributed by atoms with E-state index in [1.807, 2.05) is 30.3 Å². The van der Waals surface area contributed by atoms with Gasteiger partial charge in [-0.25, -0.2) is 4.98 Å². The van der Waals surface area contributed by atoms with Crippen molar-refractivity contribution in [3.63, 3.8) is 0 Å². The molecule has 0 aliphatic heterocycles. The van der Waals surface area contributed by atoms with Crippen LogP contribution < -0.4 is 10.9 Å². The van der Waals surface area contributed by atoms with Crippen molar-refractivity contribution in [1.29, 1.82) is 0 Å². The van der Waals surface area contributed by atoms with Crippen LogP contribution in [0.4, 0.5) is 5.95 Å². The molecule has 0 bridgehead atoms. The fourth-order valence-corrected chi connectivity index (χ4v) is 3.80. The minimum atomic E-state index is -0.0792. The Balaban J connectivity index is 1.80. The fourth-order valence-electron chi connectivity index (χ4n) is 2.54. The van der Waals surface area contributed by atoms with E-state index >= 15 is 0 Å². The molecule has 0 saturated carbocycles. The van der Waals surface area contributed by atoms with Gasteiger partial charge in [-0.05, 0) is 30.2 Å². The number of rotatable bonds is 7. The van der Waals surface area contributed by atoms with Gasteiger partial charge in [0.1, 0.15) is 4.70 Å². The summed E-state index contributed by atoms with van der Waals surface area (Å²) in [6.07, 6.45) is 4.74. The maximum absolute atomic E-state index is 12.3. The van der Waals surface area contributed by atoms with Crippen molar-refractivity contribution in [2.45, 2.75) is 32.6 Å². The molecule has 3 aromatic rings. The van der Waals surface area contributed by atoms with Crippen molar-refractivity contribution < 1.29 is 0 Å². The molecule has 6 heteroatoms. The lowest BCUT2D eigenvalue weighted by Crippen LogP contribution is -2.12. The van der Waals surface area contributed by atoms with Gasteiger partial charge in [0.05, 0.1) is 5.52 Å². The zero-order valence-electron chi connectivity index (χ0n) is 13.6. The monoisotopic (exact) mass is 405 g/mol. The van der Waals surface area contributed by atoms with Gasteiger partial charge >= 0.3 is 0 Å². The van der Waals surface area contributed by atoms with Crippen molar-refractivity contribution in [2.75, 3.05) is 11.9 Å². The number of halogens is 1. The van der Waals surface area contributed by atoms with Crippen molar-refractivity contribution in [2.24, 2.45) is 0 Å². The predicted molar refractivity (Wildman–Crippen MR) is 106 cm³/mol. The van der Waals surface area contributed by atoms with Gasteiger partial charge in [0.25, 0.3) is 5.56 Å². The van der Waals surface area contributed by atoms with Crippen molar-refractivity contribution >= 4 is 43.4 Å². The van der Waals surface area contributed by atoms with Crippen molar-refractivity contribution in [1.82, 2.24) is 9.97 Å². The second-order valence-electron chi connectivity index (χ2n) is 5.73. The number of aromatic amines is 1. The van der Waals surface area contributed by atoms with Crippen LogP contribution in [-0.4, -0.2) is 16.5 Å². The summed E-state index contributed by atoms with van der Waals surface area (Å²) >= 11 is 4.92. The first-order chi connectivity index (χ1) is 11.7. The second kappa shape index (κ2) is 7.94. The third-order valence-corrected chi connectivity index (χ3v) is 5.54. The molecule has 0 unspecified atom stereocenters. The summed E-state index contributed by atoms with van der Waals surface area (Å²) in [6, 6.07) is 10.1. The van der Waals surface area contributed by atoms with Crippen LogP contribution in [0, 0.1) is 0 Å². The molecule has 2 heterocycles. The van der Waals surface area contributed by atoms with Gasteiger partial charge in [0, 0.05) is 15.9 Å². The lowest BCUT2D eigenvalue weighted by atomic mass is 10.2. The van der Waals surface area contributed by atoms with Crippen LogP contribution in [-0.2, 0) is 0 Å². The number of hydrogen-bond donors (Lipinski definition) is 2. The molecule has 24 heavy (non-hydrogen) atoms. The third kappa shape index (κ3) is 4.05. The number of unbranched alkanes of at least 4 members (excludes halogenated alkanes) is 3. The first-order valence-corrected chi connectivity index (χ1v) is 9.82. The van der Waals surface area contributed by atoms with E-state index in [2.05, 4.69) is 38.1 Å². The van der Waals surface area contributed by atoms with Crippen LogP contribution in [0.5, 0.6) is 0 Å². The SMILES string of the molecule is CCCCCCNc1nc2cc(-c3ccc(Br)cc3)sc2c(=O)[nH]1. The van der Waals surface area contributed by atoms with Gasteiger partial charge in [-0.2, -0.15) is 0 Å². The smallest absolute Gasteiger partial charge is 0.270 e. The summed E-state index contributed by atoms with van der Waals surface area (Å²) in [6.45, 7) is 3.03. The summed E-state index contributed by atoms with van der Waals surface area (Å²) in [7, 11) is 0. The molecule has 2 N–H and O–H groups in total. The quantitative estimate of drug-likeness (QED) is 0.516. The Morgan fingerprint density at radius 1 is 1.21 bits per heavy atom. The summed E-state index contributed by atoms with van der Waals surface area (Å²) in [5, 5.41) is 3.22. The summed E-state index contributed by atoms with van der Waals surface area (Å²) in [5.74, 6) is 0.559. The summed E-state index contributed by atoms with van der Waals surface area (Å²) in [5.41, 5.74) is 1.76. The predicted octanol–water partition coefficient (Wildman–Crippen LogP) is 5.41. The van der Waals surface area contributed by atoms with Crippen LogP contribution in [0.15, 0.2) is 39.6 Å². The number of fused-ring (bicyclic) bond motifs is 1. The summed E-state index contributed by atoms with van der Waals surface area (Å²) < 4.78 is 1.71. The molecule has 3 rings (SSSR count). The molecule has 126 valence electrons. The van der Waals surface area contributed by atoms with Crippen LogP contribution in [0.2, 0.25) is 0 Å². The van der Waals surface area contributed by atoms with E-state index < -0.39 is 0 Å². The second-order valence-corrected chi connectivity index (χ2v) is 7.70. The number of nitrogens with one attached hydrogen (secondary N) is 2. The van der Waals surface area contributed by atoms with Crippen LogP contribution >= 0.6 is 27.3 Å². The zero-order valence-corrected chi connectivity index (χ0v) is 16.0. The van der Waals surface area contributed by atoms with E-state index in [1.54, 1.807) is 0 Å². The molecule has 0 saturated heterocycles. The van der Waals surface area contributed by atoms with Gasteiger partial charge in [-0.15, -0.1) is 11.3 Å². The highest BCUT2D eigenvalue weighted by Gasteiger charge is 2.10. The molecular weight excluding hydrogens is 386 g/mol. The summed E-state index contributed by atoms with van der Waals surface area (Å²) in [4.78, 5) is 20.7. The minimum Gasteiger partial charge on any atom is -0.356 e. The van der Waals surface area contributed by atoms with E-state index in [9.17, 15) is 4.79 Å². The fraction of sp³-hybridized carbons (Fsp3) is 0.333. The Bertz CT molecular complexity index is 870. The molecule has 0 spiro atoms. The minimum absolute atomic E-state index is 0.0792. The molecule has 0 aliphatic rings. The molecule has 0 amide bonds. The number of H-pyrrole nitrogens is 1. The van der Waals surface area contributed by atoms with Crippen molar-refractivity contribution in [3.8, 4) is 10.4 Å². The van der Waals surface area contributed by atoms with Gasteiger partial charge < -0.3 is 5.32 Å². The van der Waals surface area contributed by atoms with E-state index in [0.717, 1.165) is 33.4 Å². The maximum atomic E-state index is 12.3. The van der Waals surface area contributed by atoms with E-state index in [4.69, 9.17) is 0 Å². The highest BCUT2D eigenvalue weighted by molar-refractivity contribution is 9.10. The third-order valence-electron chi connectivity index (χ3n) is 3.83. The number of aromatic nitrogens is 2. The van der Waals surface area contributed by atoms with Gasteiger partial charge in [-0.3, -0.25) is 9.78 Å². The molecule has 2 aromatic heterocycles. The maximum Gasteiger partial charge on any atom is 0.270 e. The van der Waals surface area contributed by atoms with E-state index in [1.165, 1.54) is 30.6 Å². The lowest BCUT2D eigenvalue weighted by Gasteiger charge is -2.04. The van der Waals surface area contributed by atoms with E-state index in [-0.39, 0.29) is 5.56 Å². The topological polar surface area (TPSA) is 57.8 Å². The Kier molecular flexibility index (Phi) is 5.68. The van der Waals surface area contributed by atoms with Crippen LogP contribution in [0.25, 0.3) is 20.7 Å². The zero-order chi connectivity index (χ0) is 16.9. The molecule has 0 aliphatic carbocycles. The number of thiophene rings is 1. The molecule has 1 aromatic carbocycles. The molecule has 0 atom stereocenters. The Labute approximate surface area is 153 Å². The number of benzene rings is 1. The molecule has 0 fully saturated rings. The van der Waals surface area contributed by atoms with Gasteiger partial charge in [0.2, 0.25) is 5.95 Å². The lowest BCUT2D eigenvalue weighted by molar-refractivity contribution is 0.683. The molecular formula is C18H20BrN3OS. The molecule has 4 nitrogen and oxygen atoms in total. The Morgan fingerprint density at radius 3 is 2.75 bits per heavy atom. The number of hydrogen-bond acceptors (Lipinski definition) is 4. The highest BCUT2D eigenvalue weighted by Crippen LogP contribution is 2.31. The van der Waals surface area contributed by atoms with Crippen LogP contribution in [0.3, 0.4) is 0 Å². The molecule has 0 radical (unpaired) electrons. The van der Waals surface area contributed by atoms with E-state index in [0.29, 0.717) is 10.6 Å². The Hall–Kier alpha value is -1.66.